The van der Waals surface area contributed by atoms with Crippen LogP contribution in [0.15, 0.2) is 71.9 Å². The van der Waals surface area contributed by atoms with E-state index in [4.69, 9.17) is 17.3 Å². The molecule has 2 aromatic carbocycles. The Bertz CT molecular complexity index is 1270. The molecule has 33 heavy (non-hydrogen) atoms. The average molecular weight is 462 g/mol. The number of rotatable bonds is 4. The Hall–Kier alpha value is -3.71. The number of aliphatic imine (C=N–C) groups is 1. The fraction of sp³-hybridized carbons (Fsp3) is 0.200. The minimum absolute atomic E-state index is 0.118. The second-order valence-electron chi connectivity index (χ2n) is 8.43. The summed E-state index contributed by atoms with van der Waals surface area (Å²) in [7, 11) is 1.61. The number of nitrogens with zero attached hydrogens (tertiary/aromatic N) is 3. The lowest BCUT2D eigenvalue weighted by Crippen LogP contribution is -2.51. The quantitative estimate of drug-likeness (QED) is 0.596. The van der Waals surface area contributed by atoms with E-state index in [1.807, 2.05) is 50.2 Å². The zero-order valence-electron chi connectivity index (χ0n) is 18.5. The number of carbonyl (C=O) groups excluding carboxylic acids is 2. The van der Waals surface area contributed by atoms with Crippen LogP contribution in [0.2, 0.25) is 5.02 Å². The van der Waals surface area contributed by atoms with Gasteiger partial charge in [0.25, 0.3) is 5.91 Å². The molecule has 1 atom stereocenters. The first-order chi connectivity index (χ1) is 15.7. The molecule has 1 unspecified atom stereocenters. The summed E-state index contributed by atoms with van der Waals surface area (Å²) in [6.07, 6.45) is 1.57. The van der Waals surface area contributed by atoms with E-state index in [9.17, 15) is 9.59 Å². The lowest BCUT2D eigenvalue weighted by atomic mass is 9.78. The maximum atomic E-state index is 13.2. The number of benzene rings is 2. The van der Waals surface area contributed by atoms with Crippen LogP contribution in [-0.4, -0.2) is 34.7 Å². The van der Waals surface area contributed by atoms with Crippen molar-refractivity contribution in [1.82, 2.24) is 9.88 Å². The van der Waals surface area contributed by atoms with Gasteiger partial charge in [0.1, 0.15) is 5.69 Å². The third kappa shape index (κ3) is 4.19. The SMILES string of the molecule is CN1C(=O)C(C)(C)C(c2cccc(NC(=O)c3ncccc3-c3ccccc3Cl)c2)N=C1N. The van der Waals surface area contributed by atoms with Crippen LogP contribution >= 0.6 is 11.6 Å². The summed E-state index contributed by atoms with van der Waals surface area (Å²) in [5.74, 6) is -0.326. The molecule has 2 amide bonds. The van der Waals surface area contributed by atoms with E-state index in [1.165, 1.54) is 4.90 Å². The molecule has 8 heteroatoms. The maximum absolute atomic E-state index is 13.2. The highest BCUT2D eigenvalue weighted by atomic mass is 35.5. The first-order valence-corrected chi connectivity index (χ1v) is 10.8. The first-order valence-electron chi connectivity index (χ1n) is 10.4. The summed E-state index contributed by atoms with van der Waals surface area (Å²) in [4.78, 5) is 36.1. The van der Waals surface area contributed by atoms with Gasteiger partial charge in [-0.05, 0) is 43.7 Å². The van der Waals surface area contributed by atoms with E-state index >= 15 is 0 Å². The van der Waals surface area contributed by atoms with Crippen molar-refractivity contribution in [2.24, 2.45) is 16.1 Å². The van der Waals surface area contributed by atoms with Gasteiger partial charge in [0, 0.05) is 35.1 Å². The Kier molecular flexibility index (Phi) is 5.91. The number of guanidine groups is 1. The molecule has 0 fully saturated rings. The Balaban J connectivity index is 1.65. The molecule has 1 aromatic heterocycles. The Morgan fingerprint density at radius 3 is 2.58 bits per heavy atom. The topological polar surface area (TPSA) is 101 Å². The van der Waals surface area contributed by atoms with Crippen molar-refractivity contribution in [1.29, 1.82) is 0 Å². The standard InChI is InChI=1S/C25H24ClN5O2/c1-25(2)21(30-24(27)31(3)23(25)33)15-8-6-9-16(14-15)29-22(32)20-18(11-7-13-28-20)17-10-4-5-12-19(17)26/h4-14,21H,1-3H3,(H2,27,30)(H,29,32). The van der Waals surface area contributed by atoms with Crippen LogP contribution in [0.1, 0.15) is 35.9 Å². The normalized spacial score (nSPS) is 17.5. The summed E-state index contributed by atoms with van der Waals surface area (Å²) in [5.41, 5.74) is 8.12. The molecule has 0 aliphatic carbocycles. The summed E-state index contributed by atoms with van der Waals surface area (Å²) in [6.45, 7) is 3.67. The van der Waals surface area contributed by atoms with Crippen molar-refractivity contribution in [3.63, 3.8) is 0 Å². The molecule has 168 valence electrons. The second-order valence-corrected chi connectivity index (χ2v) is 8.84. The highest BCUT2D eigenvalue weighted by Crippen LogP contribution is 2.41. The molecule has 3 N–H and O–H groups in total. The summed E-state index contributed by atoms with van der Waals surface area (Å²) < 4.78 is 0. The van der Waals surface area contributed by atoms with Gasteiger partial charge >= 0.3 is 0 Å². The lowest BCUT2D eigenvalue weighted by molar-refractivity contribution is -0.137. The molecule has 7 nitrogen and oxygen atoms in total. The Labute approximate surface area is 197 Å². The number of aromatic nitrogens is 1. The van der Waals surface area contributed by atoms with Crippen molar-refractivity contribution >= 4 is 35.1 Å². The number of carbonyl (C=O) groups is 2. The van der Waals surface area contributed by atoms with Gasteiger partial charge in [0.05, 0.1) is 11.5 Å². The summed E-state index contributed by atoms with van der Waals surface area (Å²) in [6, 6.07) is 17.6. The predicted molar refractivity (Wildman–Crippen MR) is 130 cm³/mol. The van der Waals surface area contributed by atoms with Gasteiger partial charge in [-0.2, -0.15) is 0 Å². The number of nitrogens with two attached hydrogens (primary N) is 1. The molecule has 0 radical (unpaired) electrons. The van der Waals surface area contributed by atoms with E-state index in [2.05, 4.69) is 15.3 Å². The van der Waals surface area contributed by atoms with Crippen molar-refractivity contribution < 1.29 is 9.59 Å². The van der Waals surface area contributed by atoms with Gasteiger partial charge in [-0.1, -0.05) is 48.0 Å². The minimum Gasteiger partial charge on any atom is -0.369 e. The smallest absolute Gasteiger partial charge is 0.274 e. The number of nitrogens with one attached hydrogen (secondary N) is 1. The van der Waals surface area contributed by atoms with Gasteiger partial charge in [-0.3, -0.25) is 19.5 Å². The van der Waals surface area contributed by atoms with E-state index in [0.29, 0.717) is 16.3 Å². The number of halogens is 1. The van der Waals surface area contributed by atoms with E-state index in [0.717, 1.165) is 11.1 Å². The molecule has 0 bridgehead atoms. The van der Waals surface area contributed by atoms with Crippen molar-refractivity contribution in [2.45, 2.75) is 19.9 Å². The third-order valence-corrected chi connectivity index (χ3v) is 6.12. The van der Waals surface area contributed by atoms with Crippen molar-refractivity contribution in [3.05, 3.63) is 83.1 Å². The van der Waals surface area contributed by atoms with E-state index in [-0.39, 0.29) is 23.5 Å². The van der Waals surface area contributed by atoms with Crippen molar-refractivity contribution in [2.75, 3.05) is 12.4 Å². The van der Waals surface area contributed by atoms with Crippen LogP contribution in [0.3, 0.4) is 0 Å². The number of pyridine rings is 1. The summed E-state index contributed by atoms with van der Waals surface area (Å²) in [5, 5.41) is 3.44. The zero-order chi connectivity index (χ0) is 23.8. The number of anilines is 1. The van der Waals surface area contributed by atoms with Gasteiger partial charge in [0.15, 0.2) is 5.96 Å². The second kappa shape index (κ2) is 8.67. The van der Waals surface area contributed by atoms with Gasteiger partial charge < -0.3 is 11.1 Å². The molecule has 0 saturated carbocycles. The number of amides is 2. The fourth-order valence-corrected chi connectivity index (χ4v) is 4.22. The minimum atomic E-state index is -0.793. The highest BCUT2D eigenvalue weighted by molar-refractivity contribution is 6.33. The number of hydrogen-bond donors (Lipinski definition) is 2. The van der Waals surface area contributed by atoms with Crippen LogP contribution in [0, 0.1) is 5.41 Å². The molecular formula is C25H24ClN5O2. The van der Waals surface area contributed by atoms with Gasteiger partial charge in [-0.15, -0.1) is 0 Å². The molecule has 1 aliphatic heterocycles. The monoisotopic (exact) mass is 461 g/mol. The molecule has 1 aliphatic rings. The Morgan fingerprint density at radius 2 is 1.82 bits per heavy atom. The predicted octanol–water partition coefficient (Wildman–Crippen LogP) is 4.51. The molecule has 2 heterocycles. The maximum Gasteiger partial charge on any atom is 0.274 e. The fourth-order valence-electron chi connectivity index (χ4n) is 3.98. The van der Waals surface area contributed by atoms with Crippen LogP contribution in [0.4, 0.5) is 5.69 Å². The highest BCUT2D eigenvalue weighted by Gasteiger charge is 2.44. The Morgan fingerprint density at radius 1 is 1.09 bits per heavy atom. The molecule has 0 saturated heterocycles. The lowest BCUT2D eigenvalue weighted by Gasteiger charge is -2.38. The van der Waals surface area contributed by atoms with E-state index < -0.39 is 11.5 Å². The molecule has 3 aromatic rings. The molecule has 4 rings (SSSR count). The molecule has 0 spiro atoms. The third-order valence-electron chi connectivity index (χ3n) is 5.79. The summed E-state index contributed by atoms with van der Waals surface area (Å²) >= 11 is 6.35. The average Bonchev–Trinajstić information content (AvgIpc) is 2.81. The first kappa shape index (κ1) is 22.5. The largest absolute Gasteiger partial charge is 0.369 e. The number of hydrogen-bond acceptors (Lipinski definition) is 5. The van der Waals surface area contributed by atoms with Gasteiger partial charge in [-0.25, -0.2) is 4.99 Å². The van der Waals surface area contributed by atoms with Gasteiger partial charge in [0.2, 0.25) is 5.91 Å². The zero-order valence-corrected chi connectivity index (χ0v) is 19.3. The van der Waals surface area contributed by atoms with E-state index in [1.54, 1.807) is 37.5 Å². The van der Waals surface area contributed by atoms with Crippen LogP contribution in [0.25, 0.3) is 11.1 Å². The van der Waals surface area contributed by atoms with Crippen LogP contribution in [0.5, 0.6) is 0 Å². The molecular weight excluding hydrogens is 438 g/mol. The van der Waals surface area contributed by atoms with Crippen molar-refractivity contribution in [3.8, 4) is 11.1 Å². The van der Waals surface area contributed by atoms with Crippen LogP contribution < -0.4 is 11.1 Å². The van der Waals surface area contributed by atoms with Crippen LogP contribution in [-0.2, 0) is 4.79 Å².